The van der Waals surface area contributed by atoms with E-state index >= 15 is 0 Å². The first kappa shape index (κ1) is 14.9. The van der Waals surface area contributed by atoms with E-state index in [2.05, 4.69) is 15.6 Å². The largest absolute Gasteiger partial charge is 0.351 e. The molecule has 2 aliphatic heterocycles. The Bertz CT molecular complexity index is 783. The number of amides is 1. The summed E-state index contributed by atoms with van der Waals surface area (Å²) in [6.07, 6.45) is 3.31. The first-order chi connectivity index (χ1) is 11.6. The number of carbonyl (C=O) groups excluding carboxylic acids is 1. The van der Waals surface area contributed by atoms with Gasteiger partial charge in [-0.15, -0.1) is 0 Å². The maximum Gasteiger partial charge on any atom is 0.269 e. The third-order valence-electron chi connectivity index (χ3n) is 4.94. The molecule has 2 fully saturated rings. The number of benzene rings is 1. The van der Waals surface area contributed by atoms with Gasteiger partial charge in [-0.1, -0.05) is 0 Å². The average molecular weight is 326 g/mol. The zero-order valence-electron chi connectivity index (χ0n) is 13.0. The number of H-pyrrole nitrogens is 1. The maximum absolute atomic E-state index is 12.4. The number of nitrogens with zero attached hydrogens (tertiary/aromatic N) is 1. The minimum absolute atomic E-state index is 0.0482. The minimum Gasteiger partial charge on any atom is -0.351 e. The summed E-state index contributed by atoms with van der Waals surface area (Å²) in [4.78, 5) is 25.8. The van der Waals surface area contributed by atoms with Gasteiger partial charge in [0.15, 0.2) is 0 Å². The summed E-state index contributed by atoms with van der Waals surface area (Å²) < 4.78 is 0. The Kier molecular flexibility index (Phi) is 3.57. The van der Waals surface area contributed by atoms with Gasteiger partial charge in [-0.3, -0.25) is 14.9 Å². The lowest BCUT2D eigenvalue weighted by Crippen LogP contribution is -2.43. The predicted octanol–water partition coefficient (Wildman–Crippen LogP) is 2.21. The van der Waals surface area contributed by atoms with Crippen LogP contribution in [0.4, 0.5) is 5.69 Å². The summed E-state index contributed by atoms with van der Waals surface area (Å²) in [7, 11) is 0. The highest BCUT2D eigenvalue weighted by molar-refractivity contribution is 5.93. The van der Waals surface area contributed by atoms with Crippen LogP contribution in [0.15, 0.2) is 36.4 Å². The third kappa shape index (κ3) is 2.67. The Hall–Kier alpha value is -2.67. The molecule has 2 bridgehead atoms. The Morgan fingerprint density at radius 1 is 1.17 bits per heavy atom. The molecule has 2 saturated heterocycles. The normalized spacial score (nSPS) is 24.9. The van der Waals surface area contributed by atoms with Crippen molar-refractivity contribution in [2.45, 2.75) is 37.4 Å². The molecule has 4 rings (SSSR count). The smallest absolute Gasteiger partial charge is 0.269 e. The van der Waals surface area contributed by atoms with Crippen molar-refractivity contribution >= 4 is 11.6 Å². The Balaban J connectivity index is 1.46. The van der Waals surface area contributed by atoms with Crippen LogP contribution in [0.1, 0.15) is 29.8 Å². The Morgan fingerprint density at radius 2 is 1.96 bits per heavy atom. The van der Waals surface area contributed by atoms with Gasteiger partial charge in [-0.05, 0) is 49.1 Å². The van der Waals surface area contributed by atoms with Crippen molar-refractivity contribution in [3.8, 4) is 11.3 Å². The minimum atomic E-state index is -0.430. The first-order valence-corrected chi connectivity index (χ1v) is 8.11. The fourth-order valence-electron chi connectivity index (χ4n) is 3.69. The summed E-state index contributed by atoms with van der Waals surface area (Å²) in [5.74, 6) is -0.109. The number of nitro benzene ring substituents is 1. The van der Waals surface area contributed by atoms with Crippen LogP contribution < -0.4 is 10.6 Å². The summed E-state index contributed by atoms with van der Waals surface area (Å²) in [6, 6.07) is 10.9. The van der Waals surface area contributed by atoms with E-state index in [1.807, 2.05) is 6.07 Å². The molecule has 1 amide bonds. The van der Waals surface area contributed by atoms with E-state index < -0.39 is 4.92 Å². The molecule has 124 valence electrons. The number of nitro groups is 1. The standard InChI is InChI=1S/C17H18N4O3/c22-17(20-16-9-11-3-6-14(16)18-11)15-8-7-13(19-15)10-1-4-12(5-2-10)21(23)24/h1-2,4-5,7-8,11,14,16,18-19H,3,6,9H2,(H,20,22)/t11-,14+,16-/m1/s1. The van der Waals surface area contributed by atoms with Gasteiger partial charge < -0.3 is 15.6 Å². The average Bonchev–Trinajstić information content (AvgIpc) is 3.31. The van der Waals surface area contributed by atoms with Gasteiger partial charge in [0, 0.05) is 36.0 Å². The number of non-ortho nitro benzene ring substituents is 1. The number of carbonyl (C=O) groups is 1. The summed E-state index contributed by atoms with van der Waals surface area (Å²) in [5, 5.41) is 17.3. The number of hydrogen-bond donors (Lipinski definition) is 3. The van der Waals surface area contributed by atoms with Gasteiger partial charge in [0.05, 0.1) is 4.92 Å². The molecule has 3 heterocycles. The molecule has 24 heavy (non-hydrogen) atoms. The molecule has 0 radical (unpaired) electrons. The van der Waals surface area contributed by atoms with Gasteiger partial charge >= 0.3 is 0 Å². The summed E-state index contributed by atoms with van der Waals surface area (Å²) >= 11 is 0. The van der Waals surface area contributed by atoms with Gasteiger partial charge in [-0.25, -0.2) is 0 Å². The van der Waals surface area contributed by atoms with Crippen molar-refractivity contribution in [2.75, 3.05) is 0 Å². The highest BCUT2D eigenvalue weighted by atomic mass is 16.6. The van der Waals surface area contributed by atoms with Crippen molar-refractivity contribution in [1.82, 2.24) is 15.6 Å². The van der Waals surface area contributed by atoms with Gasteiger partial charge in [0.25, 0.3) is 11.6 Å². The Labute approximate surface area is 138 Å². The molecule has 2 aromatic rings. The molecule has 0 unspecified atom stereocenters. The van der Waals surface area contributed by atoms with Gasteiger partial charge in [0.2, 0.25) is 0 Å². The quantitative estimate of drug-likeness (QED) is 0.592. The summed E-state index contributed by atoms with van der Waals surface area (Å²) in [5.41, 5.74) is 2.13. The topological polar surface area (TPSA) is 100 Å². The van der Waals surface area contributed by atoms with Crippen molar-refractivity contribution in [3.63, 3.8) is 0 Å². The van der Waals surface area contributed by atoms with Gasteiger partial charge in [-0.2, -0.15) is 0 Å². The second kappa shape index (κ2) is 5.76. The lowest BCUT2D eigenvalue weighted by atomic mass is 9.95. The SMILES string of the molecule is O=C(N[C@@H]1C[C@H]2CC[C@@H]1N2)c1ccc(-c2ccc([N+](=O)[O-])cc2)[nH]1. The van der Waals surface area contributed by atoms with E-state index in [9.17, 15) is 14.9 Å². The van der Waals surface area contributed by atoms with Crippen LogP contribution in [-0.4, -0.2) is 33.9 Å². The first-order valence-electron chi connectivity index (χ1n) is 8.11. The van der Waals surface area contributed by atoms with Crippen molar-refractivity contribution in [1.29, 1.82) is 0 Å². The van der Waals surface area contributed by atoms with Crippen molar-refractivity contribution in [3.05, 3.63) is 52.2 Å². The predicted molar refractivity (Wildman–Crippen MR) is 88.7 cm³/mol. The third-order valence-corrected chi connectivity index (χ3v) is 4.94. The van der Waals surface area contributed by atoms with Crippen LogP contribution >= 0.6 is 0 Å². The highest BCUT2D eigenvalue weighted by Gasteiger charge is 2.39. The van der Waals surface area contributed by atoms with Crippen LogP contribution in [0.5, 0.6) is 0 Å². The van der Waals surface area contributed by atoms with E-state index in [4.69, 9.17) is 0 Å². The van der Waals surface area contributed by atoms with Crippen LogP contribution in [0.25, 0.3) is 11.3 Å². The van der Waals surface area contributed by atoms with Gasteiger partial charge in [0.1, 0.15) is 5.69 Å². The fourth-order valence-corrected chi connectivity index (χ4v) is 3.69. The van der Waals surface area contributed by atoms with Crippen molar-refractivity contribution < 1.29 is 9.72 Å². The molecule has 7 nitrogen and oxygen atoms in total. The number of fused-ring (bicyclic) bond motifs is 2. The monoisotopic (exact) mass is 326 g/mol. The lowest BCUT2D eigenvalue weighted by Gasteiger charge is -2.21. The second-order valence-corrected chi connectivity index (χ2v) is 6.45. The van der Waals surface area contributed by atoms with E-state index in [-0.39, 0.29) is 17.6 Å². The molecule has 1 aromatic heterocycles. The van der Waals surface area contributed by atoms with Crippen molar-refractivity contribution in [2.24, 2.45) is 0 Å². The molecule has 2 aliphatic rings. The Morgan fingerprint density at radius 3 is 2.58 bits per heavy atom. The molecule has 7 heteroatoms. The van der Waals surface area contributed by atoms with Crippen LogP contribution in [0, 0.1) is 10.1 Å². The lowest BCUT2D eigenvalue weighted by molar-refractivity contribution is -0.384. The maximum atomic E-state index is 12.4. The van der Waals surface area contributed by atoms with Crippen LogP contribution in [0.2, 0.25) is 0 Å². The zero-order valence-corrected chi connectivity index (χ0v) is 13.0. The molecule has 3 N–H and O–H groups in total. The molecule has 1 aromatic carbocycles. The van der Waals surface area contributed by atoms with E-state index in [0.29, 0.717) is 17.8 Å². The second-order valence-electron chi connectivity index (χ2n) is 6.45. The number of hydrogen-bond acceptors (Lipinski definition) is 4. The molecule has 3 atom stereocenters. The molecule has 0 spiro atoms. The zero-order chi connectivity index (χ0) is 16.7. The van der Waals surface area contributed by atoms with Crippen LogP contribution in [0.3, 0.4) is 0 Å². The van der Waals surface area contributed by atoms with E-state index in [1.165, 1.54) is 18.6 Å². The molecule has 0 saturated carbocycles. The van der Waals surface area contributed by atoms with E-state index in [0.717, 1.165) is 24.1 Å². The highest BCUT2D eigenvalue weighted by Crippen LogP contribution is 2.28. The summed E-state index contributed by atoms with van der Waals surface area (Å²) in [6.45, 7) is 0. The number of nitrogens with one attached hydrogen (secondary N) is 3. The molecular formula is C17H18N4O3. The fraction of sp³-hybridized carbons (Fsp3) is 0.353. The van der Waals surface area contributed by atoms with Crippen LogP contribution in [-0.2, 0) is 0 Å². The van der Waals surface area contributed by atoms with E-state index in [1.54, 1.807) is 18.2 Å². The number of rotatable bonds is 4. The number of aromatic amines is 1. The molecular weight excluding hydrogens is 308 g/mol. The number of aromatic nitrogens is 1. The molecule has 0 aliphatic carbocycles.